The second kappa shape index (κ2) is 8.08. The van der Waals surface area contributed by atoms with E-state index < -0.39 is 0 Å². The fourth-order valence-electron chi connectivity index (χ4n) is 3.18. The van der Waals surface area contributed by atoms with E-state index in [9.17, 15) is 4.79 Å². The van der Waals surface area contributed by atoms with E-state index in [0.717, 1.165) is 34.4 Å². The Balaban J connectivity index is 1.16. The summed E-state index contributed by atoms with van der Waals surface area (Å²) in [6.45, 7) is 0.827. The molecule has 7 nitrogen and oxygen atoms in total. The maximum Gasteiger partial charge on any atom is 0.230 e. The van der Waals surface area contributed by atoms with E-state index in [-0.39, 0.29) is 12.0 Å². The summed E-state index contributed by atoms with van der Waals surface area (Å²) in [5.74, 6) is 2.59. The molecule has 0 bridgehead atoms. The molecular formula is C20H20N4O3S2. The summed E-state index contributed by atoms with van der Waals surface area (Å²) in [6.07, 6.45) is 2.08. The topological polar surface area (TPSA) is 78.3 Å². The van der Waals surface area contributed by atoms with Crippen molar-refractivity contribution >= 4 is 29.0 Å². The summed E-state index contributed by atoms with van der Waals surface area (Å²) >= 11 is 3.08. The number of hydrogen-bond donors (Lipinski definition) is 1. The zero-order valence-electron chi connectivity index (χ0n) is 15.6. The van der Waals surface area contributed by atoms with Gasteiger partial charge in [0.25, 0.3) is 0 Å². The molecule has 0 radical (unpaired) electrons. The van der Waals surface area contributed by atoms with Gasteiger partial charge < -0.3 is 14.8 Å². The van der Waals surface area contributed by atoms with Crippen LogP contribution in [0.15, 0.2) is 46.9 Å². The summed E-state index contributed by atoms with van der Waals surface area (Å²) in [5.41, 5.74) is 0. The van der Waals surface area contributed by atoms with Crippen molar-refractivity contribution in [3.8, 4) is 22.2 Å². The number of thiophene rings is 1. The number of carbonyl (C=O) groups is 1. The number of thioether (sulfide) groups is 1. The number of rotatable bonds is 7. The molecule has 9 heteroatoms. The lowest BCUT2D eigenvalue weighted by Gasteiger charge is -2.26. The van der Waals surface area contributed by atoms with Crippen LogP contribution in [0.3, 0.4) is 0 Å². The van der Waals surface area contributed by atoms with Crippen LogP contribution in [0.1, 0.15) is 18.9 Å². The van der Waals surface area contributed by atoms with Crippen LogP contribution in [-0.4, -0.2) is 45.7 Å². The molecule has 1 unspecified atom stereocenters. The van der Waals surface area contributed by atoms with E-state index in [1.54, 1.807) is 11.3 Å². The quantitative estimate of drug-likeness (QED) is 0.581. The minimum Gasteiger partial charge on any atom is -0.486 e. The lowest BCUT2D eigenvalue weighted by molar-refractivity contribution is -0.119. The van der Waals surface area contributed by atoms with Gasteiger partial charge in [-0.1, -0.05) is 30.0 Å². The Kier molecular flexibility index (Phi) is 5.15. The number of ether oxygens (including phenoxy) is 2. The molecule has 1 aromatic carbocycles. The van der Waals surface area contributed by atoms with Crippen LogP contribution in [0.25, 0.3) is 10.7 Å². The van der Waals surface area contributed by atoms with Gasteiger partial charge in [-0.25, -0.2) is 0 Å². The lowest BCUT2D eigenvalue weighted by atomic mass is 10.2. The third-order valence-corrected chi connectivity index (χ3v) is 6.55. The summed E-state index contributed by atoms with van der Waals surface area (Å²) in [7, 11) is 0. The number of aromatic nitrogens is 3. The van der Waals surface area contributed by atoms with Crippen molar-refractivity contribution in [2.75, 3.05) is 18.9 Å². The van der Waals surface area contributed by atoms with Crippen molar-refractivity contribution in [2.45, 2.75) is 30.1 Å². The van der Waals surface area contributed by atoms with E-state index in [1.807, 2.05) is 35.7 Å². The smallest absolute Gasteiger partial charge is 0.230 e. The second-order valence-electron chi connectivity index (χ2n) is 6.98. The summed E-state index contributed by atoms with van der Waals surface area (Å²) < 4.78 is 13.7. The van der Waals surface area contributed by atoms with Gasteiger partial charge in [-0.05, 0) is 36.4 Å². The number of fused-ring (bicyclic) bond motifs is 1. The van der Waals surface area contributed by atoms with Crippen molar-refractivity contribution in [3.05, 3.63) is 41.8 Å². The van der Waals surface area contributed by atoms with E-state index in [0.29, 0.717) is 30.7 Å². The molecule has 150 valence electrons. The second-order valence-corrected chi connectivity index (χ2v) is 8.87. The van der Waals surface area contributed by atoms with Gasteiger partial charge in [0.2, 0.25) is 5.91 Å². The Morgan fingerprint density at radius 1 is 1.21 bits per heavy atom. The Morgan fingerprint density at radius 2 is 2.07 bits per heavy atom. The van der Waals surface area contributed by atoms with E-state index >= 15 is 0 Å². The van der Waals surface area contributed by atoms with Crippen LogP contribution in [0, 0.1) is 0 Å². The third kappa shape index (κ3) is 4.11. The Hall–Kier alpha value is -2.52. The number of nitrogens with zero attached hydrogens (tertiary/aromatic N) is 3. The fraction of sp³-hybridized carbons (Fsp3) is 0.350. The highest BCUT2D eigenvalue weighted by Gasteiger charge is 2.30. The average molecular weight is 429 g/mol. The molecule has 2 aromatic heterocycles. The number of para-hydroxylation sites is 2. The minimum atomic E-state index is -0.195. The van der Waals surface area contributed by atoms with Crippen LogP contribution < -0.4 is 14.8 Å². The number of hydrogen-bond acceptors (Lipinski definition) is 7. The molecule has 1 aliphatic carbocycles. The highest BCUT2D eigenvalue weighted by Crippen LogP contribution is 2.41. The van der Waals surface area contributed by atoms with Crippen molar-refractivity contribution in [3.63, 3.8) is 0 Å². The highest BCUT2D eigenvalue weighted by molar-refractivity contribution is 7.99. The first-order chi connectivity index (χ1) is 14.3. The maximum absolute atomic E-state index is 12.4. The molecule has 1 saturated carbocycles. The number of carbonyl (C=O) groups excluding carboxylic acids is 1. The SMILES string of the molecule is O=C(CSc1nnc(-c2cccs2)n1C1CC1)NCC1COc2ccccc2O1. The van der Waals surface area contributed by atoms with E-state index in [2.05, 4.69) is 26.1 Å². The monoisotopic (exact) mass is 428 g/mol. The molecular weight excluding hydrogens is 408 g/mol. The molecule has 1 atom stereocenters. The van der Waals surface area contributed by atoms with Crippen LogP contribution in [0.5, 0.6) is 11.5 Å². The van der Waals surface area contributed by atoms with Gasteiger partial charge in [-0.2, -0.15) is 0 Å². The highest BCUT2D eigenvalue weighted by atomic mass is 32.2. The zero-order chi connectivity index (χ0) is 19.6. The molecule has 2 aliphatic rings. The lowest BCUT2D eigenvalue weighted by Crippen LogP contribution is -2.41. The van der Waals surface area contributed by atoms with Crippen molar-refractivity contribution in [1.29, 1.82) is 0 Å². The molecule has 1 N–H and O–H groups in total. The van der Waals surface area contributed by atoms with Gasteiger partial charge in [-0.3, -0.25) is 9.36 Å². The van der Waals surface area contributed by atoms with Gasteiger partial charge >= 0.3 is 0 Å². The summed E-state index contributed by atoms with van der Waals surface area (Å²) in [6, 6.07) is 12.1. The largest absolute Gasteiger partial charge is 0.486 e. The van der Waals surface area contributed by atoms with E-state index in [4.69, 9.17) is 9.47 Å². The van der Waals surface area contributed by atoms with Gasteiger partial charge in [0.15, 0.2) is 22.5 Å². The predicted octanol–water partition coefficient (Wildman–Crippen LogP) is 3.39. The van der Waals surface area contributed by atoms with Gasteiger partial charge in [0, 0.05) is 6.04 Å². The molecule has 1 amide bonds. The molecule has 3 heterocycles. The van der Waals surface area contributed by atoms with Gasteiger partial charge in [0.05, 0.1) is 17.2 Å². The predicted molar refractivity (Wildman–Crippen MR) is 112 cm³/mol. The number of nitrogens with one attached hydrogen (secondary N) is 1. The Labute approximate surface area is 176 Å². The van der Waals surface area contributed by atoms with Crippen LogP contribution in [0.4, 0.5) is 0 Å². The van der Waals surface area contributed by atoms with Crippen LogP contribution in [0.2, 0.25) is 0 Å². The number of benzene rings is 1. The zero-order valence-corrected chi connectivity index (χ0v) is 17.2. The standard InChI is InChI=1S/C20H20N4O3S2/c25-18(21-10-14-11-26-15-4-1-2-5-16(15)27-14)12-29-20-23-22-19(17-6-3-9-28-17)24(20)13-7-8-13/h1-6,9,13-14H,7-8,10-12H2,(H,21,25). The van der Waals surface area contributed by atoms with Crippen LogP contribution in [-0.2, 0) is 4.79 Å². The molecule has 0 saturated heterocycles. The van der Waals surface area contributed by atoms with Crippen molar-refractivity contribution < 1.29 is 14.3 Å². The van der Waals surface area contributed by atoms with Crippen molar-refractivity contribution in [1.82, 2.24) is 20.1 Å². The molecule has 1 fully saturated rings. The van der Waals surface area contributed by atoms with E-state index in [1.165, 1.54) is 11.8 Å². The molecule has 5 rings (SSSR count). The normalized spacial score (nSPS) is 17.9. The first-order valence-corrected chi connectivity index (χ1v) is 11.4. The van der Waals surface area contributed by atoms with Crippen molar-refractivity contribution in [2.24, 2.45) is 0 Å². The third-order valence-electron chi connectivity index (χ3n) is 4.74. The molecule has 1 aliphatic heterocycles. The first-order valence-electron chi connectivity index (χ1n) is 9.54. The Bertz CT molecular complexity index is 1000. The summed E-state index contributed by atoms with van der Waals surface area (Å²) in [4.78, 5) is 13.5. The summed E-state index contributed by atoms with van der Waals surface area (Å²) in [5, 5.41) is 14.5. The minimum absolute atomic E-state index is 0.0551. The maximum atomic E-state index is 12.4. The van der Waals surface area contributed by atoms with Crippen LogP contribution >= 0.6 is 23.1 Å². The van der Waals surface area contributed by atoms with Gasteiger partial charge in [-0.15, -0.1) is 21.5 Å². The molecule has 3 aromatic rings. The molecule has 29 heavy (non-hydrogen) atoms. The Morgan fingerprint density at radius 3 is 2.86 bits per heavy atom. The molecule has 0 spiro atoms. The average Bonchev–Trinajstić information content (AvgIpc) is 3.26. The first kappa shape index (κ1) is 18.5. The van der Waals surface area contributed by atoms with Gasteiger partial charge in [0.1, 0.15) is 12.7 Å². The fourth-order valence-corrected chi connectivity index (χ4v) is 4.72. The number of amides is 1.